The van der Waals surface area contributed by atoms with Crippen molar-refractivity contribution in [2.45, 2.75) is 12.8 Å². The fraction of sp³-hybridized carbons (Fsp3) is 0.200. The fourth-order valence-corrected chi connectivity index (χ4v) is 1.85. The Labute approximate surface area is 106 Å². The summed E-state index contributed by atoms with van der Waals surface area (Å²) < 4.78 is 4.66. The van der Waals surface area contributed by atoms with Gasteiger partial charge in [-0.15, -0.1) is 0 Å². The van der Waals surface area contributed by atoms with Crippen molar-refractivity contribution in [1.82, 2.24) is 4.98 Å². The highest BCUT2D eigenvalue weighted by Crippen LogP contribution is 2.22. The molecule has 0 amide bonds. The van der Waals surface area contributed by atoms with Crippen LogP contribution >= 0.6 is 0 Å². The quantitative estimate of drug-likeness (QED) is 0.773. The van der Waals surface area contributed by atoms with Crippen molar-refractivity contribution in [3.8, 4) is 11.3 Å². The van der Waals surface area contributed by atoms with Gasteiger partial charge in [0, 0.05) is 18.2 Å². The lowest BCUT2D eigenvalue weighted by Gasteiger charge is -2.08. The number of nitrogens with zero attached hydrogens (tertiary/aromatic N) is 1. The maximum absolute atomic E-state index is 11.2. The van der Waals surface area contributed by atoms with Crippen molar-refractivity contribution in [1.29, 1.82) is 0 Å². The third-order valence-corrected chi connectivity index (χ3v) is 2.78. The van der Waals surface area contributed by atoms with Crippen LogP contribution in [0.2, 0.25) is 0 Å². The number of esters is 1. The lowest BCUT2D eigenvalue weighted by molar-refractivity contribution is -0.140. The van der Waals surface area contributed by atoms with E-state index in [9.17, 15) is 4.79 Å². The molecule has 1 aromatic heterocycles. The number of ether oxygens (including phenoxy) is 1. The van der Waals surface area contributed by atoms with Crippen LogP contribution in [0, 0.1) is 0 Å². The second kappa shape index (κ2) is 5.96. The van der Waals surface area contributed by atoms with Crippen LogP contribution in [0.5, 0.6) is 0 Å². The molecule has 1 aromatic carbocycles. The summed E-state index contributed by atoms with van der Waals surface area (Å²) in [6.07, 6.45) is 2.83. The first-order valence-electron chi connectivity index (χ1n) is 5.87. The van der Waals surface area contributed by atoms with E-state index in [0.29, 0.717) is 12.8 Å². The number of hydrogen-bond donors (Lipinski definition) is 0. The number of carbonyl (C=O) groups excluding carboxylic acids is 1. The van der Waals surface area contributed by atoms with E-state index in [-0.39, 0.29) is 5.97 Å². The lowest BCUT2D eigenvalue weighted by Crippen LogP contribution is -2.02. The van der Waals surface area contributed by atoms with Crippen LogP contribution in [-0.4, -0.2) is 18.1 Å². The van der Waals surface area contributed by atoms with Crippen molar-refractivity contribution < 1.29 is 9.53 Å². The van der Waals surface area contributed by atoms with Gasteiger partial charge >= 0.3 is 5.97 Å². The van der Waals surface area contributed by atoms with Crippen LogP contribution in [0.3, 0.4) is 0 Å². The van der Waals surface area contributed by atoms with Gasteiger partial charge < -0.3 is 4.74 Å². The zero-order chi connectivity index (χ0) is 12.8. The van der Waals surface area contributed by atoms with Gasteiger partial charge in [0.2, 0.25) is 0 Å². The Morgan fingerprint density at radius 2 is 1.94 bits per heavy atom. The average Bonchev–Trinajstić information content (AvgIpc) is 2.46. The van der Waals surface area contributed by atoms with Crippen LogP contribution < -0.4 is 0 Å². The van der Waals surface area contributed by atoms with E-state index >= 15 is 0 Å². The second-order valence-electron chi connectivity index (χ2n) is 3.95. The maximum atomic E-state index is 11.2. The Morgan fingerprint density at radius 3 is 2.67 bits per heavy atom. The van der Waals surface area contributed by atoms with Crippen LogP contribution in [-0.2, 0) is 16.0 Å². The molecule has 0 atom stereocenters. The molecule has 0 bridgehead atoms. The molecule has 0 aliphatic rings. The number of aryl methyl sites for hydroxylation is 1. The summed E-state index contributed by atoms with van der Waals surface area (Å²) in [4.78, 5) is 15.5. The van der Waals surface area contributed by atoms with Gasteiger partial charge in [-0.1, -0.05) is 30.3 Å². The van der Waals surface area contributed by atoms with E-state index in [1.807, 2.05) is 42.5 Å². The highest BCUT2D eigenvalue weighted by Gasteiger charge is 2.07. The SMILES string of the molecule is COC(=O)CCc1ccccc1-c1ccccn1. The molecule has 0 saturated carbocycles. The lowest BCUT2D eigenvalue weighted by atomic mass is 10.00. The third-order valence-electron chi connectivity index (χ3n) is 2.78. The van der Waals surface area contributed by atoms with Gasteiger partial charge in [0.25, 0.3) is 0 Å². The fourth-order valence-electron chi connectivity index (χ4n) is 1.85. The molecule has 1 heterocycles. The van der Waals surface area contributed by atoms with E-state index in [1.54, 1.807) is 6.20 Å². The highest BCUT2D eigenvalue weighted by atomic mass is 16.5. The van der Waals surface area contributed by atoms with Gasteiger partial charge in [-0.25, -0.2) is 0 Å². The monoisotopic (exact) mass is 241 g/mol. The van der Waals surface area contributed by atoms with Crippen molar-refractivity contribution in [2.24, 2.45) is 0 Å². The molecule has 92 valence electrons. The Balaban J connectivity index is 2.24. The first-order chi connectivity index (χ1) is 8.81. The van der Waals surface area contributed by atoms with Crippen LogP contribution in [0.1, 0.15) is 12.0 Å². The summed E-state index contributed by atoms with van der Waals surface area (Å²) in [5, 5.41) is 0. The Kier molecular flexibility index (Phi) is 4.07. The zero-order valence-corrected chi connectivity index (χ0v) is 10.3. The predicted molar refractivity (Wildman–Crippen MR) is 70.0 cm³/mol. The Morgan fingerprint density at radius 1 is 1.17 bits per heavy atom. The predicted octanol–water partition coefficient (Wildman–Crippen LogP) is 2.85. The number of aromatic nitrogens is 1. The molecular formula is C15H15NO2. The van der Waals surface area contributed by atoms with E-state index in [2.05, 4.69) is 9.72 Å². The molecule has 0 aliphatic heterocycles. The summed E-state index contributed by atoms with van der Waals surface area (Å²) in [5.74, 6) is -0.189. The number of carbonyl (C=O) groups is 1. The van der Waals surface area contributed by atoms with E-state index in [1.165, 1.54) is 7.11 Å². The normalized spacial score (nSPS) is 10.1. The third kappa shape index (κ3) is 2.94. The molecule has 0 radical (unpaired) electrons. The van der Waals surface area contributed by atoms with E-state index < -0.39 is 0 Å². The summed E-state index contributed by atoms with van der Waals surface area (Å²) in [7, 11) is 1.41. The number of rotatable bonds is 4. The van der Waals surface area contributed by atoms with Gasteiger partial charge in [-0.05, 0) is 24.1 Å². The van der Waals surface area contributed by atoms with Gasteiger partial charge in [-0.3, -0.25) is 9.78 Å². The molecule has 0 fully saturated rings. The average molecular weight is 241 g/mol. The number of methoxy groups -OCH3 is 1. The molecular weight excluding hydrogens is 226 g/mol. The molecule has 0 N–H and O–H groups in total. The standard InChI is InChI=1S/C15H15NO2/c1-18-15(17)10-9-12-6-2-3-7-13(12)14-8-4-5-11-16-14/h2-8,11H,9-10H2,1H3. The molecule has 2 rings (SSSR count). The van der Waals surface area contributed by atoms with Gasteiger partial charge in [0.05, 0.1) is 12.8 Å². The summed E-state index contributed by atoms with van der Waals surface area (Å²) in [6.45, 7) is 0. The van der Waals surface area contributed by atoms with Gasteiger partial charge in [0.15, 0.2) is 0 Å². The second-order valence-corrected chi connectivity index (χ2v) is 3.95. The minimum absolute atomic E-state index is 0.189. The number of hydrogen-bond acceptors (Lipinski definition) is 3. The van der Waals surface area contributed by atoms with Crippen molar-refractivity contribution in [3.05, 3.63) is 54.2 Å². The summed E-state index contributed by atoms with van der Waals surface area (Å²) in [6, 6.07) is 13.8. The molecule has 18 heavy (non-hydrogen) atoms. The summed E-state index contributed by atoms with van der Waals surface area (Å²) in [5.41, 5.74) is 3.11. The zero-order valence-electron chi connectivity index (χ0n) is 10.3. The first kappa shape index (κ1) is 12.3. The molecule has 0 unspecified atom stereocenters. The van der Waals surface area contributed by atoms with E-state index in [4.69, 9.17) is 0 Å². The Hall–Kier alpha value is -2.16. The minimum atomic E-state index is -0.189. The molecule has 2 aromatic rings. The van der Waals surface area contributed by atoms with Gasteiger partial charge in [-0.2, -0.15) is 0 Å². The van der Waals surface area contributed by atoms with Crippen molar-refractivity contribution in [2.75, 3.05) is 7.11 Å². The van der Waals surface area contributed by atoms with Crippen LogP contribution in [0.15, 0.2) is 48.7 Å². The highest BCUT2D eigenvalue weighted by molar-refractivity contribution is 5.71. The molecule has 0 saturated heterocycles. The molecule has 0 spiro atoms. The molecule has 0 aliphatic carbocycles. The van der Waals surface area contributed by atoms with Crippen LogP contribution in [0.4, 0.5) is 0 Å². The minimum Gasteiger partial charge on any atom is -0.469 e. The topological polar surface area (TPSA) is 39.2 Å². The van der Waals surface area contributed by atoms with Crippen molar-refractivity contribution in [3.63, 3.8) is 0 Å². The first-order valence-corrected chi connectivity index (χ1v) is 5.87. The molecule has 3 nitrogen and oxygen atoms in total. The molecule has 3 heteroatoms. The number of pyridine rings is 1. The number of benzene rings is 1. The smallest absolute Gasteiger partial charge is 0.305 e. The summed E-state index contributed by atoms with van der Waals surface area (Å²) >= 11 is 0. The van der Waals surface area contributed by atoms with Crippen molar-refractivity contribution >= 4 is 5.97 Å². The largest absolute Gasteiger partial charge is 0.469 e. The van der Waals surface area contributed by atoms with Crippen LogP contribution in [0.25, 0.3) is 11.3 Å². The van der Waals surface area contributed by atoms with Gasteiger partial charge in [0.1, 0.15) is 0 Å². The Bertz CT molecular complexity index is 523. The maximum Gasteiger partial charge on any atom is 0.305 e. The van der Waals surface area contributed by atoms with E-state index in [0.717, 1.165) is 16.8 Å².